The molecule has 0 heterocycles. The first-order chi connectivity index (χ1) is 4.48. The van der Waals surface area contributed by atoms with Gasteiger partial charge in [0, 0.05) is 0 Å². The molecule has 0 rings (SSSR count). The molecule has 0 aromatic carbocycles. The quantitative estimate of drug-likeness (QED) is 0.615. The van der Waals surface area contributed by atoms with Crippen LogP contribution in [-0.4, -0.2) is 19.3 Å². The Morgan fingerprint density at radius 2 is 1.50 bits per heavy atom. The van der Waals surface area contributed by atoms with Gasteiger partial charge in [0.2, 0.25) is 0 Å². The Morgan fingerprint density at radius 3 is 1.50 bits per heavy atom. The molecule has 0 aromatic rings. The fourth-order valence-electron chi connectivity index (χ4n) is 0.164. The molecular weight excluding hydrogens is 143 g/mol. The Kier molecular flexibility index (Phi) is 6.87. The zero-order chi connectivity index (χ0) is 8.78. The first-order valence-corrected chi connectivity index (χ1v) is 3.22. The third kappa shape index (κ3) is 5.88. The first kappa shape index (κ1) is 12.4. The highest BCUT2D eigenvalue weighted by Crippen LogP contribution is 2.18. The van der Waals surface area contributed by atoms with E-state index in [1.54, 1.807) is 0 Å². The summed E-state index contributed by atoms with van der Waals surface area (Å²) in [7, 11) is 1.28. The van der Waals surface area contributed by atoms with E-state index in [9.17, 15) is 13.2 Å². The molecule has 0 aliphatic heterocycles. The highest BCUT2D eigenvalue weighted by Gasteiger charge is 2.34. The summed E-state index contributed by atoms with van der Waals surface area (Å²) in [6.45, 7) is 5.07. The summed E-state index contributed by atoms with van der Waals surface area (Å²) in [4.78, 5) is 0. The van der Waals surface area contributed by atoms with Gasteiger partial charge in [0.15, 0.2) is 0 Å². The Balaban J connectivity index is 0. The van der Waals surface area contributed by atoms with Crippen molar-refractivity contribution in [3.05, 3.63) is 0 Å². The van der Waals surface area contributed by atoms with Crippen molar-refractivity contribution < 1.29 is 13.2 Å². The minimum Gasteiger partial charge on any atom is -0.309 e. The number of alkyl halides is 3. The van der Waals surface area contributed by atoms with E-state index in [0.717, 1.165) is 6.92 Å². The minimum absolute atomic E-state index is 1.07. The molecule has 1 N–H and O–H groups in total. The zero-order valence-electron chi connectivity index (χ0n) is 6.71. The van der Waals surface area contributed by atoms with Crippen LogP contribution in [0.1, 0.15) is 20.8 Å². The number of rotatable bonds is 1. The van der Waals surface area contributed by atoms with Crippen molar-refractivity contribution in [1.29, 1.82) is 0 Å². The summed E-state index contributed by atoms with van der Waals surface area (Å²) in [5, 5.41) is 2.08. The molecule has 4 heteroatoms. The van der Waals surface area contributed by atoms with Crippen LogP contribution in [0.25, 0.3) is 0 Å². The molecule has 0 radical (unpaired) electrons. The summed E-state index contributed by atoms with van der Waals surface area (Å²) in [5.74, 6) is 0. The van der Waals surface area contributed by atoms with Gasteiger partial charge in [-0.15, -0.1) is 0 Å². The second-order valence-corrected chi connectivity index (χ2v) is 1.55. The fraction of sp³-hybridized carbons (Fsp3) is 1.00. The summed E-state index contributed by atoms with van der Waals surface area (Å²) < 4.78 is 34.2. The molecule has 0 aliphatic carbocycles. The van der Waals surface area contributed by atoms with E-state index in [1.807, 2.05) is 13.8 Å². The van der Waals surface area contributed by atoms with Gasteiger partial charge in [-0.1, -0.05) is 13.8 Å². The Bertz CT molecular complexity index is 69.9. The van der Waals surface area contributed by atoms with E-state index in [1.165, 1.54) is 7.05 Å². The van der Waals surface area contributed by atoms with Gasteiger partial charge >= 0.3 is 6.18 Å². The Morgan fingerprint density at radius 1 is 1.20 bits per heavy atom. The molecule has 0 amide bonds. The summed E-state index contributed by atoms with van der Waals surface area (Å²) in [5.41, 5.74) is 0. The van der Waals surface area contributed by atoms with Crippen LogP contribution in [0.5, 0.6) is 0 Å². The number of hydrogen-bond donors (Lipinski definition) is 1. The Hall–Kier alpha value is -0.250. The van der Waals surface area contributed by atoms with E-state index >= 15 is 0 Å². The second kappa shape index (κ2) is 5.53. The van der Waals surface area contributed by atoms with Crippen molar-refractivity contribution in [2.45, 2.75) is 33.0 Å². The molecule has 0 bridgehead atoms. The van der Waals surface area contributed by atoms with Crippen LogP contribution in [0.4, 0.5) is 13.2 Å². The van der Waals surface area contributed by atoms with Crippen LogP contribution >= 0.6 is 0 Å². The average molecular weight is 157 g/mol. The van der Waals surface area contributed by atoms with Crippen LogP contribution in [0, 0.1) is 0 Å². The molecule has 0 aromatic heterocycles. The van der Waals surface area contributed by atoms with Crippen molar-refractivity contribution in [1.82, 2.24) is 5.32 Å². The molecule has 1 atom stereocenters. The van der Waals surface area contributed by atoms with Crippen molar-refractivity contribution in [2.24, 2.45) is 0 Å². The molecule has 0 saturated heterocycles. The molecule has 0 spiro atoms. The minimum atomic E-state index is -4.10. The summed E-state index contributed by atoms with van der Waals surface area (Å²) in [6.07, 6.45) is -4.10. The highest BCUT2D eigenvalue weighted by molar-refractivity contribution is 4.65. The van der Waals surface area contributed by atoms with Gasteiger partial charge in [-0.25, -0.2) is 0 Å². The van der Waals surface area contributed by atoms with Crippen LogP contribution in [-0.2, 0) is 0 Å². The molecule has 1 nitrogen and oxygen atoms in total. The predicted octanol–water partition coefficient (Wildman–Crippen LogP) is 2.18. The van der Waals surface area contributed by atoms with Gasteiger partial charge in [0.1, 0.15) is 6.04 Å². The van der Waals surface area contributed by atoms with Crippen LogP contribution in [0.3, 0.4) is 0 Å². The molecule has 10 heavy (non-hydrogen) atoms. The normalized spacial score (nSPS) is 13.5. The predicted molar refractivity (Wildman–Crippen MR) is 35.9 cm³/mol. The second-order valence-electron chi connectivity index (χ2n) is 1.55. The first-order valence-electron chi connectivity index (χ1n) is 3.22. The van der Waals surface area contributed by atoms with E-state index in [4.69, 9.17) is 0 Å². The highest BCUT2D eigenvalue weighted by atomic mass is 19.4. The zero-order valence-corrected chi connectivity index (χ0v) is 6.71. The molecule has 0 aliphatic rings. The van der Waals surface area contributed by atoms with Crippen LogP contribution < -0.4 is 5.32 Å². The van der Waals surface area contributed by atoms with Crippen molar-refractivity contribution in [3.63, 3.8) is 0 Å². The summed E-state index contributed by atoms with van der Waals surface area (Å²) in [6, 6.07) is -1.40. The molecule has 64 valence electrons. The molecular formula is C6H14F3N. The topological polar surface area (TPSA) is 12.0 Å². The monoisotopic (exact) mass is 157 g/mol. The molecule has 0 saturated carbocycles. The standard InChI is InChI=1S/C4H8F3N.C2H6/c1-3(8-2)4(5,6)7;1-2/h3,8H,1-2H3;1-2H3. The average Bonchev–Trinajstić information content (AvgIpc) is 1.89. The third-order valence-corrected chi connectivity index (χ3v) is 0.924. The number of hydrogen-bond acceptors (Lipinski definition) is 1. The third-order valence-electron chi connectivity index (χ3n) is 0.924. The fourth-order valence-corrected chi connectivity index (χ4v) is 0.164. The molecule has 1 unspecified atom stereocenters. The van der Waals surface area contributed by atoms with E-state index < -0.39 is 12.2 Å². The lowest BCUT2D eigenvalue weighted by Gasteiger charge is -2.13. The maximum Gasteiger partial charge on any atom is 0.403 e. The van der Waals surface area contributed by atoms with Gasteiger partial charge < -0.3 is 5.32 Å². The lowest BCUT2D eigenvalue weighted by Crippen LogP contribution is -2.36. The van der Waals surface area contributed by atoms with Gasteiger partial charge in [0.25, 0.3) is 0 Å². The SMILES string of the molecule is CC.CNC(C)C(F)(F)F. The van der Waals surface area contributed by atoms with Crippen LogP contribution in [0.2, 0.25) is 0 Å². The number of halogens is 3. The largest absolute Gasteiger partial charge is 0.403 e. The maximum atomic E-state index is 11.4. The van der Waals surface area contributed by atoms with Gasteiger partial charge in [-0.2, -0.15) is 13.2 Å². The van der Waals surface area contributed by atoms with Gasteiger partial charge in [0.05, 0.1) is 0 Å². The Labute approximate surface area is 59.6 Å². The van der Waals surface area contributed by atoms with Crippen molar-refractivity contribution >= 4 is 0 Å². The van der Waals surface area contributed by atoms with Crippen molar-refractivity contribution in [3.8, 4) is 0 Å². The summed E-state index contributed by atoms with van der Waals surface area (Å²) >= 11 is 0. The smallest absolute Gasteiger partial charge is 0.309 e. The lowest BCUT2D eigenvalue weighted by atomic mass is 10.3. The van der Waals surface area contributed by atoms with E-state index in [0.29, 0.717) is 0 Å². The van der Waals surface area contributed by atoms with Gasteiger partial charge in [-0.05, 0) is 14.0 Å². The van der Waals surface area contributed by atoms with Crippen molar-refractivity contribution in [2.75, 3.05) is 7.05 Å². The number of nitrogens with one attached hydrogen (secondary N) is 1. The van der Waals surface area contributed by atoms with Crippen LogP contribution in [0.15, 0.2) is 0 Å². The maximum absolute atomic E-state index is 11.4. The van der Waals surface area contributed by atoms with E-state index in [-0.39, 0.29) is 0 Å². The lowest BCUT2D eigenvalue weighted by molar-refractivity contribution is -0.150. The molecule has 0 fully saturated rings. The van der Waals surface area contributed by atoms with Gasteiger partial charge in [-0.3, -0.25) is 0 Å². The van der Waals surface area contributed by atoms with E-state index in [2.05, 4.69) is 5.32 Å².